The predicted molar refractivity (Wildman–Crippen MR) is 93.6 cm³/mol. The van der Waals surface area contributed by atoms with E-state index in [1.165, 1.54) is 34.9 Å². The number of nitrogens with zero attached hydrogens (tertiary/aromatic N) is 1. The summed E-state index contributed by atoms with van der Waals surface area (Å²) in [5.41, 5.74) is 3.05. The molecule has 0 saturated heterocycles. The molecule has 0 fully saturated rings. The molecule has 2 aromatic carbocycles. The van der Waals surface area contributed by atoms with Crippen molar-refractivity contribution in [3.05, 3.63) is 54.6 Å². The van der Waals surface area contributed by atoms with E-state index in [0.717, 1.165) is 6.54 Å². The molecule has 2 aromatic rings. The molecule has 0 radical (unpaired) electrons. The van der Waals surface area contributed by atoms with Crippen molar-refractivity contribution in [1.82, 2.24) is 0 Å². The van der Waals surface area contributed by atoms with Crippen LogP contribution < -0.4 is 4.90 Å². The molecule has 3 rings (SSSR count). The minimum absolute atomic E-state index is 0.388. The summed E-state index contributed by atoms with van der Waals surface area (Å²) < 4.78 is 0. The van der Waals surface area contributed by atoms with Crippen LogP contribution in [-0.2, 0) is 0 Å². The molecule has 110 valence electrons. The third-order valence-corrected chi connectivity index (χ3v) is 6.16. The maximum absolute atomic E-state index is 2.52. The van der Waals surface area contributed by atoms with Crippen molar-refractivity contribution >= 4 is 23.1 Å². The van der Waals surface area contributed by atoms with Gasteiger partial charge in [0.2, 0.25) is 0 Å². The summed E-state index contributed by atoms with van der Waals surface area (Å²) in [4.78, 5) is 3.92. The van der Waals surface area contributed by atoms with E-state index in [1.807, 2.05) is 11.8 Å². The highest BCUT2D eigenvalue weighted by atomic mass is 32.2. The van der Waals surface area contributed by atoms with Gasteiger partial charge in [-0.1, -0.05) is 44.2 Å². The lowest BCUT2D eigenvalue weighted by molar-refractivity contribution is 0.319. The molecule has 0 aliphatic carbocycles. The van der Waals surface area contributed by atoms with Crippen molar-refractivity contribution in [2.24, 2.45) is 5.41 Å². The van der Waals surface area contributed by atoms with Crippen molar-refractivity contribution in [2.45, 2.75) is 31.6 Å². The molecule has 0 saturated carbocycles. The first kappa shape index (κ1) is 14.5. The fraction of sp³-hybridized carbons (Fsp3) is 0.368. The van der Waals surface area contributed by atoms with Crippen LogP contribution in [0.3, 0.4) is 0 Å². The Morgan fingerprint density at radius 2 is 1.62 bits per heavy atom. The Balaban J connectivity index is 2.08. The van der Waals surface area contributed by atoms with Gasteiger partial charge in [0.25, 0.3) is 0 Å². The quantitative estimate of drug-likeness (QED) is 0.711. The number of thioether (sulfide) groups is 1. The first-order valence-electron chi connectivity index (χ1n) is 7.82. The monoisotopic (exact) mass is 297 g/mol. The van der Waals surface area contributed by atoms with E-state index in [1.54, 1.807) is 0 Å². The van der Waals surface area contributed by atoms with Gasteiger partial charge in [0.15, 0.2) is 0 Å². The SMILES string of the molecule is CCC1(CC)CSc2ccccc2N(c2ccccc2)C1. The minimum atomic E-state index is 0.388. The predicted octanol–water partition coefficient (Wildman–Crippen LogP) is 5.74. The summed E-state index contributed by atoms with van der Waals surface area (Å²) in [5, 5.41) is 0. The molecule has 1 aliphatic heterocycles. The van der Waals surface area contributed by atoms with Gasteiger partial charge in [0.05, 0.1) is 5.69 Å². The maximum atomic E-state index is 2.52. The normalized spacial score (nSPS) is 17.1. The van der Waals surface area contributed by atoms with Gasteiger partial charge in [-0.3, -0.25) is 0 Å². The van der Waals surface area contributed by atoms with Crippen molar-refractivity contribution in [3.8, 4) is 0 Å². The lowest BCUT2D eigenvalue weighted by Crippen LogP contribution is -2.35. The van der Waals surface area contributed by atoms with Crippen LogP contribution in [0, 0.1) is 5.41 Å². The van der Waals surface area contributed by atoms with Gasteiger partial charge in [0.1, 0.15) is 0 Å². The highest BCUT2D eigenvalue weighted by Gasteiger charge is 2.33. The second-order valence-electron chi connectivity index (χ2n) is 5.89. The van der Waals surface area contributed by atoms with Gasteiger partial charge in [0, 0.05) is 22.9 Å². The van der Waals surface area contributed by atoms with Crippen LogP contribution >= 0.6 is 11.8 Å². The number of benzene rings is 2. The third-order valence-electron chi connectivity index (χ3n) is 4.75. The van der Waals surface area contributed by atoms with Gasteiger partial charge in [-0.05, 0) is 42.5 Å². The number of para-hydroxylation sites is 2. The molecular formula is C19H23NS. The standard InChI is InChI=1S/C19H23NS/c1-3-19(4-2)14-20(16-10-6-5-7-11-16)17-12-8-9-13-18(17)21-15-19/h5-13H,3-4,14-15H2,1-2H3. The molecule has 0 amide bonds. The Bertz CT molecular complexity index is 590. The summed E-state index contributed by atoms with van der Waals surface area (Å²) in [5.74, 6) is 1.21. The van der Waals surface area contributed by atoms with Crippen molar-refractivity contribution in [1.29, 1.82) is 0 Å². The zero-order valence-electron chi connectivity index (χ0n) is 12.9. The average molecular weight is 297 g/mol. The van der Waals surface area contributed by atoms with Gasteiger partial charge in [-0.2, -0.15) is 0 Å². The molecule has 0 bridgehead atoms. The summed E-state index contributed by atoms with van der Waals surface area (Å²) in [6, 6.07) is 19.6. The zero-order valence-corrected chi connectivity index (χ0v) is 13.7. The number of hydrogen-bond acceptors (Lipinski definition) is 2. The Morgan fingerprint density at radius 1 is 0.952 bits per heavy atom. The molecule has 1 heterocycles. The highest BCUT2D eigenvalue weighted by molar-refractivity contribution is 7.99. The van der Waals surface area contributed by atoms with Crippen molar-refractivity contribution in [3.63, 3.8) is 0 Å². The van der Waals surface area contributed by atoms with Crippen LogP contribution in [0.15, 0.2) is 59.5 Å². The Hall–Kier alpha value is -1.41. The summed E-state index contributed by atoms with van der Waals surface area (Å²) in [6.07, 6.45) is 2.46. The number of rotatable bonds is 3. The Kier molecular flexibility index (Phi) is 4.25. The largest absolute Gasteiger partial charge is 0.340 e. The molecule has 0 atom stereocenters. The van der Waals surface area contributed by atoms with Crippen LogP contribution in [0.25, 0.3) is 0 Å². The van der Waals surface area contributed by atoms with Crippen LogP contribution in [0.2, 0.25) is 0 Å². The lowest BCUT2D eigenvalue weighted by Gasteiger charge is -2.35. The van der Waals surface area contributed by atoms with Crippen LogP contribution in [0.4, 0.5) is 11.4 Å². The average Bonchev–Trinajstić information content (AvgIpc) is 2.74. The molecule has 0 unspecified atom stereocenters. The molecule has 0 aromatic heterocycles. The van der Waals surface area contributed by atoms with E-state index in [0.29, 0.717) is 5.41 Å². The van der Waals surface area contributed by atoms with Crippen LogP contribution in [0.1, 0.15) is 26.7 Å². The van der Waals surface area contributed by atoms with E-state index in [9.17, 15) is 0 Å². The van der Waals surface area contributed by atoms with Gasteiger partial charge < -0.3 is 4.90 Å². The fourth-order valence-corrected chi connectivity index (χ4v) is 4.48. The maximum Gasteiger partial charge on any atom is 0.0549 e. The molecule has 1 nitrogen and oxygen atoms in total. The number of anilines is 2. The summed E-state index contributed by atoms with van der Waals surface area (Å²) in [7, 11) is 0. The second-order valence-corrected chi connectivity index (χ2v) is 6.90. The summed E-state index contributed by atoms with van der Waals surface area (Å²) in [6.45, 7) is 5.78. The molecule has 0 spiro atoms. The van der Waals surface area contributed by atoms with Gasteiger partial charge in [-0.25, -0.2) is 0 Å². The minimum Gasteiger partial charge on any atom is -0.340 e. The second kappa shape index (κ2) is 6.15. The molecule has 2 heteroatoms. The van der Waals surface area contributed by atoms with Crippen LogP contribution in [0.5, 0.6) is 0 Å². The smallest absolute Gasteiger partial charge is 0.0549 e. The van der Waals surface area contributed by atoms with E-state index in [-0.39, 0.29) is 0 Å². The molecule has 0 N–H and O–H groups in total. The van der Waals surface area contributed by atoms with Gasteiger partial charge >= 0.3 is 0 Å². The van der Waals surface area contributed by atoms with E-state index < -0.39 is 0 Å². The van der Waals surface area contributed by atoms with E-state index in [2.05, 4.69) is 73.3 Å². The first-order valence-corrected chi connectivity index (χ1v) is 8.81. The molecule has 1 aliphatic rings. The summed E-state index contributed by atoms with van der Waals surface area (Å²) >= 11 is 2.02. The van der Waals surface area contributed by atoms with E-state index in [4.69, 9.17) is 0 Å². The molecular weight excluding hydrogens is 274 g/mol. The third kappa shape index (κ3) is 2.82. The molecule has 21 heavy (non-hydrogen) atoms. The Morgan fingerprint density at radius 3 is 2.33 bits per heavy atom. The van der Waals surface area contributed by atoms with Crippen molar-refractivity contribution < 1.29 is 0 Å². The van der Waals surface area contributed by atoms with Crippen molar-refractivity contribution in [2.75, 3.05) is 17.2 Å². The fourth-order valence-electron chi connectivity index (χ4n) is 3.02. The zero-order chi connectivity index (χ0) is 14.7. The topological polar surface area (TPSA) is 3.24 Å². The first-order chi connectivity index (χ1) is 10.3. The lowest BCUT2D eigenvalue weighted by atomic mass is 9.83. The van der Waals surface area contributed by atoms with Crippen LogP contribution in [-0.4, -0.2) is 12.3 Å². The number of fused-ring (bicyclic) bond motifs is 1. The highest BCUT2D eigenvalue weighted by Crippen LogP contribution is 2.45. The van der Waals surface area contributed by atoms with Gasteiger partial charge in [-0.15, -0.1) is 11.8 Å². The van der Waals surface area contributed by atoms with E-state index >= 15 is 0 Å². The Labute approximate surface area is 132 Å². The number of hydrogen-bond donors (Lipinski definition) is 0.